The first-order valence-corrected chi connectivity index (χ1v) is 5.66. The Hall–Kier alpha value is -1.13. The summed E-state index contributed by atoms with van der Waals surface area (Å²) in [5.41, 5.74) is 1.99. The van der Waals surface area contributed by atoms with Crippen molar-refractivity contribution in [1.29, 1.82) is 0 Å². The summed E-state index contributed by atoms with van der Waals surface area (Å²) in [6, 6.07) is 2.04. The van der Waals surface area contributed by atoms with Crippen LogP contribution < -0.4 is 4.90 Å². The van der Waals surface area contributed by atoms with Crippen LogP contribution in [0.3, 0.4) is 0 Å². The lowest BCUT2D eigenvalue weighted by Gasteiger charge is -2.28. The van der Waals surface area contributed by atoms with Crippen molar-refractivity contribution in [1.82, 2.24) is 4.98 Å². The second kappa shape index (κ2) is 4.80. The molecule has 4 nitrogen and oxygen atoms in total. The molecule has 1 saturated heterocycles. The van der Waals surface area contributed by atoms with E-state index >= 15 is 0 Å². The zero-order valence-electron chi connectivity index (χ0n) is 9.81. The lowest BCUT2D eigenvalue weighted by Crippen LogP contribution is -2.36. The SMILES string of the molecule is Cc1cc(N2CCOCC2)ncc1[C@H](C)O. The Balaban J connectivity index is 2.19. The average molecular weight is 222 g/mol. The number of nitrogens with zero attached hydrogens (tertiary/aromatic N) is 2. The third-order valence-electron chi connectivity index (χ3n) is 2.92. The van der Waals surface area contributed by atoms with Crippen LogP contribution in [-0.4, -0.2) is 36.4 Å². The van der Waals surface area contributed by atoms with Crippen LogP contribution in [-0.2, 0) is 4.74 Å². The number of aliphatic hydroxyl groups excluding tert-OH is 1. The van der Waals surface area contributed by atoms with Crippen LogP contribution in [0.4, 0.5) is 5.82 Å². The van der Waals surface area contributed by atoms with Crippen LogP contribution in [0.5, 0.6) is 0 Å². The Morgan fingerprint density at radius 2 is 2.12 bits per heavy atom. The molecule has 0 saturated carbocycles. The summed E-state index contributed by atoms with van der Waals surface area (Å²) in [5, 5.41) is 9.53. The van der Waals surface area contributed by atoms with Gasteiger partial charge in [-0.2, -0.15) is 0 Å². The van der Waals surface area contributed by atoms with Gasteiger partial charge in [0.15, 0.2) is 0 Å². The molecule has 1 atom stereocenters. The van der Waals surface area contributed by atoms with Crippen LogP contribution in [0.1, 0.15) is 24.2 Å². The standard InChI is InChI=1S/C12H18N2O2/c1-9-7-12(13-8-11(9)10(2)15)14-3-5-16-6-4-14/h7-8,10,15H,3-6H2,1-2H3/t10-/m0/s1. The fourth-order valence-electron chi connectivity index (χ4n) is 1.95. The van der Waals surface area contributed by atoms with Crippen LogP contribution in [0, 0.1) is 6.92 Å². The third-order valence-corrected chi connectivity index (χ3v) is 2.92. The van der Waals surface area contributed by atoms with Crippen molar-refractivity contribution in [3.63, 3.8) is 0 Å². The molecular weight excluding hydrogens is 204 g/mol. The number of ether oxygens (including phenoxy) is 1. The van der Waals surface area contributed by atoms with Crippen molar-refractivity contribution < 1.29 is 9.84 Å². The van der Waals surface area contributed by atoms with E-state index in [2.05, 4.69) is 9.88 Å². The Morgan fingerprint density at radius 1 is 1.44 bits per heavy atom. The van der Waals surface area contributed by atoms with Gasteiger partial charge in [0.2, 0.25) is 0 Å². The van der Waals surface area contributed by atoms with Crippen molar-refractivity contribution in [2.75, 3.05) is 31.2 Å². The zero-order valence-corrected chi connectivity index (χ0v) is 9.81. The van der Waals surface area contributed by atoms with E-state index in [-0.39, 0.29) is 0 Å². The van der Waals surface area contributed by atoms with Crippen molar-refractivity contribution in [3.8, 4) is 0 Å². The van der Waals surface area contributed by atoms with E-state index in [0.717, 1.165) is 43.2 Å². The van der Waals surface area contributed by atoms with Crippen LogP contribution in [0.25, 0.3) is 0 Å². The smallest absolute Gasteiger partial charge is 0.128 e. The van der Waals surface area contributed by atoms with E-state index in [4.69, 9.17) is 4.74 Å². The first-order valence-electron chi connectivity index (χ1n) is 5.66. The Bertz CT molecular complexity index is 360. The van der Waals surface area contributed by atoms with E-state index in [0.29, 0.717) is 0 Å². The Kier molecular flexibility index (Phi) is 3.41. The van der Waals surface area contributed by atoms with Gasteiger partial charge in [-0.25, -0.2) is 4.98 Å². The molecule has 1 N–H and O–H groups in total. The number of aromatic nitrogens is 1. The summed E-state index contributed by atoms with van der Waals surface area (Å²) in [6.45, 7) is 7.07. The molecule has 4 heteroatoms. The fraction of sp³-hybridized carbons (Fsp3) is 0.583. The maximum atomic E-state index is 9.53. The molecule has 0 aromatic carbocycles. The summed E-state index contributed by atoms with van der Waals surface area (Å²) >= 11 is 0. The van der Waals surface area contributed by atoms with Gasteiger partial charge in [0, 0.05) is 24.8 Å². The van der Waals surface area contributed by atoms with E-state index < -0.39 is 6.10 Å². The highest BCUT2D eigenvalue weighted by Gasteiger charge is 2.14. The average Bonchev–Trinajstić information content (AvgIpc) is 2.29. The molecule has 0 amide bonds. The van der Waals surface area contributed by atoms with Gasteiger partial charge in [0.1, 0.15) is 5.82 Å². The summed E-state index contributed by atoms with van der Waals surface area (Å²) in [4.78, 5) is 6.61. The van der Waals surface area contributed by atoms with Gasteiger partial charge >= 0.3 is 0 Å². The summed E-state index contributed by atoms with van der Waals surface area (Å²) in [7, 11) is 0. The van der Waals surface area contributed by atoms with E-state index in [1.54, 1.807) is 13.1 Å². The largest absolute Gasteiger partial charge is 0.389 e. The van der Waals surface area contributed by atoms with Gasteiger partial charge in [0.25, 0.3) is 0 Å². The van der Waals surface area contributed by atoms with Crippen LogP contribution in [0.2, 0.25) is 0 Å². The number of anilines is 1. The predicted molar refractivity (Wildman–Crippen MR) is 62.6 cm³/mol. The molecule has 1 aromatic heterocycles. The summed E-state index contributed by atoms with van der Waals surface area (Å²) < 4.78 is 5.30. The van der Waals surface area contributed by atoms with Crippen LogP contribution in [0.15, 0.2) is 12.3 Å². The lowest BCUT2D eigenvalue weighted by molar-refractivity contribution is 0.122. The maximum Gasteiger partial charge on any atom is 0.128 e. The first-order chi connectivity index (χ1) is 7.68. The topological polar surface area (TPSA) is 45.6 Å². The first kappa shape index (κ1) is 11.4. The van der Waals surface area contributed by atoms with E-state index in [1.807, 2.05) is 13.0 Å². The highest BCUT2D eigenvalue weighted by atomic mass is 16.5. The molecule has 1 fully saturated rings. The fourth-order valence-corrected chi connectivity index (χ4v) is 1.95. The molecule has 88 valence electrons. The highest BCUT2D eigenvalue weighted by molar-refractivity contribution is 5.44. The van der Waals surface area contributed by atoms with Gasteiger partial charge in [-0.3, -0.25) is 0 Å². The molecule has 1 aliphatic rings. The van der Waals surface area contributed by atoms with Crippen molar-refractivity contribution in [2.24, 2.45) is 0 Å². The van der Waals surface area contributed by atoms with E-state index in [9.17, 15) is 5.11 Å². The molecular formula is C12H18N2O2. The Labute approximate surface area is 95.9 Å². The number of rotatable bonds is 2. The molecule has 0 aliphatic carbocycles. The van der Waals surface area contributed by atoms with Crippen LogP contribution >= 0.6 is 0 Å². The summed E-state index contributed by atoms with van der Waals surface area (Å²) in [6.07, 6.45) is 1.32. The molecule has 0 bridgehead atoms. The minimum atomic E-state index is -0.453. The van der Waals surface area contributed by atoms with Gasteiger partial charge in [-0.15, -0.1) is 0 Å². The summed E-state index contributed by atoms with van der Waals surface area (Å²) in [5.74, 6) is 0.977. The quantitative estimate of drug-likeness (QED) is 0.818. The molecule has 1 aliphatic heterocycles. The number of aliphatic hydroxyl groups is 1. The maximum absolute atomic E-state index is 9.53. The zero-order chi connectivity index (χ0) is 11.5. The highest BCUT2D eigenvalue weighted by Crippen LogP contribution is 2.21. The van der Waals surface area contributed by atoms with E-state index in [1.165, 1.54) is 0 Å². The van der Waals surface area contributed by atoms with Crippen molar-refractivity contribution in [3.05, 3.63) is 23.4 Å². The Morgan fingerprint density at radius 3 is 2.69 bits per heavy atom. The molecule has 0 spiro atoms. The normalized spacial score (nSPS) is 18.6. The van der Waals surface area contributed by atoms with Crippen molar-refractivity contribution in [2.45, 2.75) is 20.0 Å². The molecule has 0 unspecified atom stereocenters. The second-order valence-corrected chi connectivity index (χ2v) is 4.17. The minimum absolute atomic E-state index is 0.453. The van der Waals surface area contributed by atoms with Gasteiger partial charge < -0.3 is 14.7 Å². The molecule has 16 heavy (non-hydrogen) atoms. The van der Waals surface area contributed by atoms with Gasteiger partial charge in [0.05, 0.1) is 19.3 Å². The number of hydrogen-bond acceptors (Lipinski definition) is 4. The predicted octanol–water partition coefficient (Wildman–Crippen LogP) is 1.28. The lowest BCUT2D eigenvalue weighted by atomic mass is 10.1. The minimum Gasteiger partial charge on any atom is -0.389 e. The second-order valence-electron chi connectivity index (χ2n) is 4.17. The van der Waals surface area contributed by atoms with Gasteiger partial charge in [-0.05, 0) is 25.5 Å². The number of pyridine rings is 1. The number of morpholine rings is 1. The molecule has 2 heterocycles. The van der Waals surface area contributed by atoms with Gasteiger partial charge in [-0.1, -0.05) is 0 Å². The number of aryl methyl sites for hydroxylation is 1. The van der Waals surface area contributed by atoms with Crippen molar-refractivity contribution >= 4 is 5.82 Å². The monoisotopic (exact) mass is 222 g/mol. The molecule has 0 radical (unpaired) electrons. The molecule has 2 rings (SSSR count). The molecule has 1 aromatic rings. The number of hydrogen-bond donors (Lipinski definition) is 1. The third kappa shape index (κ3) is 2.33.